The first-order valence-electron chi connectivity index (χ1n) is 7.14. The first kappa shape index (κ1) is 15.6. The molecule has 2 heteroatoms. The molecule has 0 heterocycles. The summed E-state index contributed by atoms with van der Waals surface area (Å²) in [6.45, 7) is 7.70. The van der Waals surface area contributed by atoms with E-state index in [9.17, 15) is 9.59 Å². The number of Topliss-reactive ketones (excluding diaryl/α,β-unsaturated/α-hetero) is 2. The molecule has 1 aliphatic rings. The molecular weight excluding hydrogens is 236 g/mol. The Morgan fingerprint density at radius 2 is 1.79 bits per heavy atom. The Balaban J connectivity index is 2.56. The van der Waals surface area contributed by atoms with Gasteiger partial charge in [0.05, 0.1) is 0 Å². The number of carbonyl (C=O) groups is 2. The van der Waals surface area contributed by atoms with Gasteiger partial charge in [0.1, 0.15) is 0 Å². The van der Waals surface area contributed by atoms with Crippen LogP contribution >= 0.6 is 0 Å². The molecule has 1 fully saturated rings. The van der Waals surface area contributed by atoms with Crippen LogP contribution in [-0.2, 0) is 9.59 Å². The smallest absolute Gasteiger partial charge is 0.228 e. The summed E-state index contributed by atoms with van der Waals surface area (Å²) in [6, 6.07) is 0. The van der Waals surface area contributed by atoms with Crippen LogP contribution in [-0.4, -0.2) is 11.6 Å². The Morgan fingerprint density at radius 3 is 2.37 bits per heavy atom. The van der Waals surface area contributed by atoms with Crippen LogP contribution < -0.4 is 0 Å². The summed E-state index contributed by atoms with van der Waals surface area (Å²) in [5, 5.41) is 0. The summed E-state index contributed by atoms with van der Waals surface area (Å²) in [5.74, 6) is -0.470. The Kier molecular flexibility index (Phi) is 6.48. The summed E-state index contributed by atoms with van der Waals surface area (Å²) in [6.07, 6.45) is 12.6. The molecule has 0 aromatic carbocycles. The molecule has 1 aliphatic carbocycles. The standard InChI is InChI=1S/C17H24O2/c1-4-8-13(2)11-12-14(3)16(18)17(19)15-9-6-5-7-10-15/h4,8,11-13,15H,3,5-7,9-10H2,1-2H3/b8-4-,12-11-. The largest absolute Gasteiger partial charge is 0.290 e. The first-order chi connectivity index (χ1) is 9.06. The molecule has 0 spiro atoms. The van der Waals surface area contributed by atoms with Crippen molar-refractivity contribution in [2.75, 3.05) is 0 Å². The van der Waals surface area contributed by atoms with Crippen molar-refractivity contribution in [3.8, 4) is 0 Å². The van der Waals surface area contributed by atoms with Crippen molar-refractivity contribution >= 4 is 11.6 Å². The number of carbonyl (C=O) groups excluding carboxylic acids is 2. The fourth-order valence-electron chi connectivity index (χ4n) is 2.42. The Bertz CT molecular complexity index is 395. The van der Waals surface area contributed by atoms with Gasteiger partial charge in [-0.2, -0.15) is 0 Å². The van der Waals surface area contributed by atoms with E-state index < -0.39 is 5.78 Å². The zero-order valence-electron chi connectivity index (χ0n) is 12.0. The van der Waals surface area contributed by atoms with Crippen molar-refractivity contribution in [3.05, 3.63) is 36.5 Å². The lowest BCUT2D eigenvalue weighted by Crippen LogP contribution is -2.26. The molecule has 0 radical (unpaired) electrons. The average Bonchev–Trinajstić information content (AvgIpc) is 2.44. The molecule has 0 amide bonds. The number of hydrogen-bond acceptors (Lipinski definition) is 2. The van der Waals surface area contributed by atoms with Gasteiger partial charge in [-0.1, -0.05) is 57.1 Å². The van der Waals surface area contributed by atoms with E-state index in [-0.39, 0.29) is 17.6 Å². The SMILES string of the molecule is C=C(/C=C\C(C)/C=C\C)C(=O)C(=O)C1CCCCC1. The third-order valence-corrected chi connectivity index (χ3v) is 3.59. The molecule has 0 aliphatic heterocycles. The molecule has 0 aromatic heterocycles. The molecule has 1 unspecified atom stereocenters. The average molecular weight is 260 g/mol. The highest BCUT2D eigenvalue weighted by Crippen LogP contribution is 2.25. The summed E-state index contributed by atoms with van der Waals surface area (Å²) in [5.41, 5.74) is 0.312. The van der Waals surface area contributed by atoms with E-state index in [1.165, 1.54) is 6.42 Å². The molecular formula is C17H24O2. The summed E-state index contributed by atoms with van der Waals surface area (Å²) in [7, 11) is 0. The first-order valence-corrected chi connectivity index (χ1v) is 7.14. The van der Waals surface area contributed by atoms with Crippen LogP contribution in [0.25, 0.3) is 0 Å². The van der Waals surface area contributed by atoms with Crippen LogP contribution in [0.4, 0.5) is 0 Å². The second-order valence-electron chi connectivity index (χ2n) is 5.30. The summed E-state index contributed by atoms with van der Waals surface area (Å²) < 4.78 is 0. The maximum atomic E-state index is 12.1. The minimum Gasteiger partial charge on any atom is -0.290 e. The van der Waals surface area contributed by atoms with E-state index in [4.69, 9.17) is 0 Å². The van der Waals surface area contributed by atoms with Crippen LogP contribution in [0.1, 0.15) is 46.0 Å². The van der Waals surface area contributed by atoms with Gasteiger partial charge in [0.25, 0.3) is 0 Å². The minimum absolute atomic E-state index is 0.0700. The van der Waals surface area contributed by atoms with Crippen molar-refractivity contribution in [3.63, 3.8) is 0 Å². The lowest BCUT2D eigenvalue weighted by atomic mass is 9.84. The van der Waals surface area contributed by atoms with Crippen molar-refractivity contribution in [2.45, 2.75) is 46.0 Å². The normalized spacial score (nSPS) is 18.8. The number of hydrogen-bond donors (Lipinski definition) is 0. The third kappa shape index (κ3) is 4.98. The summed E-state index contributed by atoms with van der Waals surface area (Å²) >= 11 is 0. The molecule has 0 bridgehead atoms. The quantitative estimate of drug-likeness (QED) is 0.313. The fourth-order valence-corrected chi connectivity index (χ4v) is 2.42. The monoisotopic (exact) mass is 260 g/mol. The fraction of sp³-hybridized carbons (Fsp3) is 0.529. The number of ketones is 2. The molecule has 0 saturated heterocycles. The van der Waals surface area contributed by atoms with Crippen molar-refractivity contribution in [1.29, 1.82) is 0 Å². The highest BCUT2D eigenvalue weighted by Gasteiger charge is 2.27. The van der Waals surface area contributed by atoms with Crippen molar-refractivity contribution in [1.82, 2.24) is 0 Å². The highest BCUT2D eigenvalue weighted by molar-refractivity contribution is 6.44. The van der Waals surface area contributed by atoms with Crippen LogP contribution in [0.15, 0.2) is 36.5 Å². The molecule has 19 heavy (non-hydrogen) atoms. The lowest BCUT2D eigenvalue weighted by molar-refractivity contribution is -0.137. The van der Waals surface area contributed by atoms with Crippen LogP contribution in [0.2, 0.25) is 0 Å². The lowest BCUT2D eigenvalue weighted by Gasteiger charge is -2.19. The Morgan fingerprint density at radius 1 is 1.16 bits per heavy atom. The minimum atomic E-state index is -0.407. The van der Waals surface area contributed by atoms with Crippen LogP contribution in [0, 0.1) is 11.8 Å². The zero-order valence-corrected chi connectivity index (χ0v) is 12.0. The van der Waals surface area contributed by atoms with Gasteiger partial charge >= 0.3 is 0 Å². The summed E-state index contributed by atoms with van der Waals surface area (Å²) in [4.78, 5) is 24.0. The van der Waals surface area contributed by atoms with E-state index in [0.717, 1.165) is 25.7 Å². The molecule has 104 valence electrons. The molecule has 2 nitrogen and oxygen atoms in total. The zero-order chi connectivity index (χ0) is 14.3. The van der Waals surface area contributed by atoms with Gasteiger partial charge in [0.2, 0.25) is 11.6 Å². The molecule has 1 saturated carbocycles. The number of allylic oxidation sites excluding steroid dienone is 5. The van der Waals surface area contributed by atoms with Gasteiger partial charge in [0, 0.05) is 11.5 Å². The van der Waals surface area contributed by atoms with E-state index in [2.05, 4.69) is 6.58 Å². The van der Waals surface area contributed by atoms with E-state index in [1.54, 1.807) is 6.08 Å². The van der Waals surface area contributed by atoms with Gasteiger partial charge in [-0.25, -0.2) is 0 Å². The van der Waals surface area contributed by atoms with Gasteiger partial charge in [-0.05, 0) is 25.7 Å². The highest BCUT2D eigenvalue weighted by atomic mass is 16.2. The van der Waals surface area contributed by atoms with Gasteiger partial charge < -0.3 is 0 Å². The second-order valence-corrected chi connectivity index (χ2v) is 5.30. The predicted octanol–water partition coefficient (Wildman–Crippen LogP) is 4.03. The Hall–Kier alpha value is -1.44. The van der Waals surface area contributed by atoms with Crippen molar-refractivity contribution in [2.24, 2.45) is 11.8 Å². The number of rotatable bonds is 6. The van der Waals surface area contributed by atoms with Crippen LogP contribution in [0.3, 0.4) is 0 Å². The molecule has 1 atom stereocenters. The maximum Gasteiger partial charge on any atom is 0.228 e. The van der Waals surface area contributed by atoms with Gasteiger partial charge in [-0.15, -0.1) is 0 Å². The Labute approximate surface area is 116 Å². The van der Waals surface area contributed by atoms with E-state index >= 15 is 0 Å². The topological polar surface area (TPSA) is 34.1 Å². The van der Waals surface area contributed by atoms with Crippen molar-refractivity contribution < 1.29 is 9.59 Å². The third-order valence-electron chi connectivity index (χ3n) is 3.59. The van der Waals surface area contributed by atoms with Gasteiger partial charge in [0.15, 0.2) is 0 Å². The second kappa shape index (κ2) is 7.88. The van der Waals surface area contributed by atoms with E-state index in [1.807, 2.05) is 32.1 Å². The predicted molar refractivity (Wildman–Crippen MR) is 78.8 cm³/mol. The maximum absolute atomic E-state index is 12.1. The molecule has 1 rings (SSSR count). The van der Waals surface area contributed by atoms with Gasteiger partial charge in [-0.3, -0.25) is 9.59 Å². The van der Waals surface area contributed by atoms with E-state index in [0.29, 0.717) is 5.57 Å². The van der Waals surface area contributed by atoms with Crippen LogP contribution in [0.5, 0.6) is 0 Å². The molecule has 0 aromatic rings. The molecule has 0 N–H and O–H groups in total.